The average molecular weight is 206 g/mol. The molecule has 0 aliphatic heterocycles. The Hall–Kier alpha value is -1.59. The van der Waals surface area contributed by atoms with Gasteiger partial charge in [-0.2, -0.15) is 0 Å². The largest absolute Gasteiger partial charge is 0.707 e. The summed E-state index contributed by atoms with van der Waals surface area (Å²) in [5.41, 5.74) is 0. The molecule has 0 bridgehead atoms. The SMILES string of the molecule is OB(O)Oc1cccc2cccc(F)c12. The second-order valence-corrected chi connectivity index (χ2v) is 3.04. The molecule has 5 heteroatoms. The van der Waals surface area contributed by atoms with E-state index in [1.54, 1.807) is 24.3 Å². The smallest absolute Gasteiger partial charge is 0.511 e. The molecule has 2 N–H and O–H groups in total. The molecule has 0 saturated heterocycles. The van der Waals surface area contributed by atoms with Crippen molar-refractivity contribution in [2.45, 2.75) is 0 Å². The van der Waals surface area contributed by atoms with Crippen LogP contribution in [0.5, 0.6) is 5.75 Å². The van der Waals surface area contributed by atoms with E-state index in [9.17, 15) is 4.39 Å². The summed E-state index contributed by atoms with van der Waals surface area (Å²) in [4.78, 5) is 0. The van der Waals surface area contributed by atoms with Crippen molar-refractivity contribution in [1.82, 2.24) is 0 Å². The maximum atomic E-state index is 13.5. The van der Waals surface area contributed by atoms with Crippen molar-refractivity contribution in [2.75, 3.05) is 0 Å². The minimum absolute atomic E-state index is 0.112. The van der Waals surface area contributed by atoms with E-state index >= 15 is 0 Å². The molecule has 2 rings (SSSR count). The Kier molecular flexibility index (Phi) is 2.57. The molecule has 0 aromatic heterocycles. The van der Waals surface area contributed by atoms with Gasteiger partial charge >= 0.3 is 7.32 Å². The Balaban J connectivity index is 2.63. The quantitative estimate of drug-likeness (QED) is 0.728. The van der Waals surface area contributed by atoms with Gasteiger partial charge in [0.05, 0.1) is 5.39 Å². The summed E-state index contributed by atoms with van der Waals surface area (Å²) in [7, 11) is -1.95. The third-order valence-electron chi connectivity index (χ3n) is 2.05. The third-order valence-corrected chi connectivity index (χ3v) is 2.05. The van der Waals surface area contributed by atoms with Gasteiger partial charge in [-0.3, -0.25) is 0 Å². The first-order valence-corrected chi connectivity index (χ1v) is 4.38. The lowest BCUT2D eigenvalue weighted by Gasteiger charge is -2.08. The fraction of sp³-hybridized carbons (Fsp3) is 0. The summed E-state index contributed by atoms with van der Waals surface area (Å²) < 4.78 is 18.1. The molecule has 0 aliphatic carbocycles. The van der Waals surface area contributed by atoms with Crippen LogP contribution in [0.15, 0.2) is 36.4 Å². The molecule has 2 aromatic rings. The van der Waals surface area contributed by atoms with E-state index in [0.29, 0.717) is 5.39 Å². The second kappa shape index (κ2) is 3.88. The van der Waals surface area contributed by atoms with E-state index in [1.165, 1.54) is 12.1 Å². The molecule has 0 aliphatic rings. The Labute approximate surface area is 85.9 Å². The first kappa shape index (κ1) is 9.95. The van der Waals surface area contributed by atoms with Crippen LogP contribution in [-0.2, 0) is 0 Å². The Bertz CT molecular complexity index is 482. The average Bonchev–Trinajstić information content (AvgIpc) is 2.17. The van der Waals surface area contributed by atoms with Gasteiger partial charge in [-0.25, -0.2) is 4.39 Å². The van der Waals surface area contributed by atoms with Gasteiger partial charge in [-0.1, -0.05) is 24.3 Å². The zero-order valence-electron chi connectivity index (χ0n) is 7.72. The molecule has 0 saturated carbocycles. The fourth-order valence-corrected chi connectivity index (χ4v) is 1.47. The summed E-state index contributed by atoms with van der Waals surface area (Å²) in [6.07, 6.45) is 0. The van der Waals surface area contributed by atoms with Gasteiger partial charge in [0.25, 0.3) is 0 Å². The molecule has 0 radical (unpaired) electrons. The predicted molar refractivity (Wildman–Crippen MR) is 54.7 cm³/mol. The van der Waals surface area contributed by atoms with Gasteiger partial charge in [0.1, 0.15) is 11.6 Å². The molecule has 0 heterocycles. The maximum Gasteiger partial charge on any atom is 0.707 e. The van der Waals surface area contributed by atoms with Crippen molar-refractivity contribution >= 4 is 18.1 Å². The highest BCUT2D eigenvalue weighted by molar-refractivity contribution is 6.34. The molecule has 3 nitrogen and oxygen atoms in total. The Morgan fingerprint density at radius 1 is 1.07 bits per heavy atom. The minimum atomic E-state index is -1.95. The van der Waals surface area contributed by atoms with Crippen molar-refractivity contribution < 1.29 is 19.1 Å². The van der Waals surface area contributed by atoms with E-state index < -0.39 is 13.1 Å². The highest BCUT2D eigenvalue weighted by Gasteiger charge is 2.14. The summed E-state index contributed by atoms with van der Waals surface area (Å²) in [6.45, 7) is 0. The standard InChI is InChI=1S/C10H8BFO3/c12-8-5-1-3-7-4-2-6-9(10(7)8)15-11(13)14/h1-6,13-14H. The van der Waals surface area contributed by atoms with Gasteiger partial charge in [-0.05, 0) is 17.5 Å². The summed E-state index contributed by atoms with van der Waals surface area (Å²) in [6, 6.07) is 9.43. The molecular formula is C10H8BFO3. The van der Waals surface area contributed by atoms with Crippen LogP contribution in [0.25, 0.3) is 10.8 Å². The molecule has 15 heavy (non-hydrogen) atoms. The first-order valence-electron chi connectivity index (χ1n) is 4.38. The number of fused-ring (bicyclic) bond motifs is 1. The summed E-state index contributed by atoms with van der Waals surface area (Å²) in [5, 5.41) is 18.2. The monoisotopic (exact) mass is 206 g/mol. The summed E-state index contributed by atoms with van der Waals surface area (Å²) in [5.74, 6) is -0.343. The van der Waals surface area contributed by atoms with Crippen molar-refractivity contribution in [3.05, 3.63) is 42.2 Å². The van der Waals surface area contributed by atoms with Crippen LogP contribution in [0.4, 0.5) is 4.39 Å². The minimum Gasteiger partial charge on any atom is -0.511 e. The van der Waals surface area contributed by atoms with Crippen LogP contribution < -0.4 is 4.65 Å². The lowest BCUT2D eigenvalue weighted by molar-refractivity contribution is 0.289. The normalized spacial score (nSPS) is 10.3. The molecule has 0 unspecified atom stereocenters. The van der Waals surface area contributed by atoms with E-state index in [4.69, 9.17) is 10.0 Å². The van der Waals surface area contributed by atoms with Crippen LogP contribution in [0.3, 0.4) is 0 Å². The van der Waals surface area contributed by atoms with Gasteiger partial charge in [-0.15, -0.1) is 0 Å². The molecule has 76 valence electrons. The molecule has 0 fully saturated rings. The van der Waals surface area contributed by atoms with Crippen molar-refractivity contribution in [2.24, 2.45) is 0 Å². The van der Waals surface area contributed by atoms with Gasteiger partial charge in [0.2, 0.25) is 0 Å². The molecule has 0 amide bonds. The topological polar surface area (TPSA) is 49.7 Å². The van der Waals surface area contributed by atoms with Crippen LogP contribution in [0, 0.1) is 5.82 Å². The van der Waals surface area contributed by atoms with Crippen LogP contribution in [-0.4, -0.2) is 17.4 Å². The van der Waals surface area contributed by atoms with Gasteiger partial charge in [0, 0.05) is 0 Å². The van der Waals surface area contributed by atoms with Crippen LogP contribution in [0.2, 0.25) is 0 Å². The molecular weight excluding hydrogens is 198 g/mol. The van der Waals surface area contributed by atoms with E-state index in [-0.39, 0.29) is 11.1 Å². The third kappa shape index (κ3) is 1.93. The van der Waals surface area contributed by atoms with Gasteiger partial charge < -0.3 is 14.7 Å². The zero-order valence-corrected chi connectivity index (χ0v) is 7.72. The molecule has 2 aromatic carbocycles. The first-order chi connectivity index (χ1) is 7.18. The van der Waals surface area contributed by atoms with Crippen molar-refractivity contribution in [1.29, 1.82) is 0 Å². The second-order valence-electron chi connectivity index (χ2n) is 3.04. The van der Waals surface area contributed by atoms with Crippen molar-refractivity contribution in [3.8, 4) is 5.75 Å². The zero-order chi connectivity index (χ0) is 10.8. The molecule has 0 atom stereocenters. The number of halogens is 1. The lowest BCUT2D eigenvalue weighted by atomic mass is 10.1. The number of rotatable bonds is 2. The van der Waals surface area contributed by atoms with E-state index in [1.807, 2.05) is 0 Å². The van der Waals surface area contributed by atoms with E-state index in [0.717, 1.165) is 0 Å². The highest BCUT2D eigenvalue weighted by atomic mass is 19.1. The predicted octanol–water partition coefficient (Wildman–Crippen LogP) is 1.33. The fourth-order valence-electron chi connectivity index (χ4n) is 1.47. The van der Waals surface area contributed by atoms with Crippen LogP contribution >= 0.6 is 0 Å². The molecule has 0 spiro atoms. The maximum absolute atomic E-state index is 13.5. The lowest BCUT2D eigenvalue weighted by Crippen LogP contribution is -2.20. The van der Waals surface area contributed by atoms with Crippen molar-refractivity contribution in [3.63, 3.8) is 0 Å². The Morgan fingerprint density at radius 2 is 1.73 bits per heavy atom. The number of benzene rings is 2. The van der Waals surface area contributed by atoms with Gasteiger partial charge in [0.15, 0.2) is 0 Å². The van der Waals surface area contributed by atoms with E-state index in [2.05, 4.69) is 4.65 Å². The summed E-state index contributed by atoms with van der Waals surface area (Å²) >= 11 is 0. The van der Waals surface area contributed by atoms with Crippen LogP contribution in [0.1, 0.15) is 0 Å². The Morgan fingerprint density at radius 3 is 2.40 bits per heavy atom. The number of hydrogen-bond donors (Lipinski definition) is 2. The number of hydrogen-bond acceptors (Lipinski definition) is 3. The highest BCUT2D eigenvalue weighted by Crippen LogP contribution is 2.27.